The fraction of sp³-hybridized carbons (Fsp3) is 0.571. The molecular weight excluding hydrogens is 276 g/mol. The maximum Gasteiger partial charge on any atom is 0.240 e. The fourth-order valence-electron chi connectivity index (χ4n) is 1.68. The molecule has 0 aliphatic heterocycles. The van der Waals surface area contributed by atoms with E-state index in [4.69, 9.17) is 4.74 Å². The maximum atomic E-state index is 11.8. The second-order valence-electron chi connectivity index (χ2n) is 5.32. The van der Waals surface area contributed by atoms with Gasteiger partial charge >= 0.3 is 0 Å². The number of rotatable bonds is 7. The van der Waals surface area contributed by atoms with Gasteiger partial charge < -0.3 is 10.1 Å². The van der Waals surface area contributed by atoms with Gasteiger partial charge in [0, 0.05) is 19.3 Å². The summed E-state index contributed by atoms with van der Waals surface area (Å²) >= 11 is 0. The Bertz CT molecular complexity index is 554. The van der Waals surface area contributed by atoms with Crippen molar-refractivity contribution in [3.8, 4) is 0 Å². The predicted octanol–water partition coefficient (Wildman–Crippen LogP) is 2.13. The molecule has 114 valence electrons. The van der Waals surface area contributed by atoms with E-state index in [2.05, 4.69) is 10.0 Å². The number of methoxy groups -OCH3 is 1. The monoisotopic (exact) mass is 300 g/mol. The number of benzene rings is 1. The average Bonchev–Trinajstić information content (AvgIpc) is 2.40. The van der Waals surface area contributed by atoms with E-state index in [9.17, 15) is 8.42 Å². The number of aryl methyl sites for hydroxylation is 1. The Kier molecular flexibility index (Phi) is 5.56. The zero-order valence-electron chi connectivity index (χ0n) is 12.8. The van der Waals surface area contributed by atoms with Gasteiger partial charge in [0.05, 0.1) is 10.5 Å². The minimum Gasteiger partial charge on any atom is -0.385 e. The van der Waals surface area contributed by atoms with Crippen LogP contribution in [0.1, 0.15) is 25.8 Å². The highest BCUT2D eigenvalue weighted by atomic mass is 32.2. The molecule has 0 spiro atoms. The molecule has 0 saturated heterocycles. The first-order valence-corrected chi connectivity index (χ1v) is 8.03. The van der Waals surface area contributed by atoms with Crippen molar-refractivity contribution in [1.82, 2.24) is 4.72 Å². The minimum atomic E-state index is -3.41. The first-order chi connectivity index (χ1) is 9.22. The molecule has 1 aromatic rings. The molecule has 0 unspecified atom stereocenters. The zero-order valence-corrected chi connectivity index (χ0v) is 13.6. The lowest BCUT2D eigenvalue weighted by molar-refractivity contribution is 0.0185. The molecule has 0 aliphatic carbocycles. The Morgan fingerprint density at radius 3 is 2.50 bits per heavy atom. The van der Waals surface area contributed by atoms with Crippen molar-refractivity contribution in [2.24, 2.45) is 0 Å². The van der Waals surface area contributed by atoms with Gasteiger partial charge in [0.1, 0.15) is 0 Å². The van der Waals surface area contributed by atoms with E-state index < -0.39 is 10.0 Å². The van der Waals surface area contributed by atoms with Gasteiger partial charge in [0.2, 0.25) is 10.0 Å². The number of hydrogen-bond donors (Lipinski definition) is 2. The van der Waals surface area contributed by atoms with E-state index in [0.717, 1.165) is 17.7 Å². The van der Waals surface area contributed by atoms with Crippen molar-refractivity contribution < 1.29 is 13.2 Å². The molecule has 20 heavy (non-hydrogen) atoms. The largest absolute Gasteiger partial charge is 0.385 e. The van der Waals surface area contributed by atoms with Gasteiger partial charge in [0.25, 0.3) is 0 Å². The summed E-state index contributed by atoms with van der Waals surface area (Å²) in [7, 11) is -0.318. The van der Waals surface area contributed by atoms with Crippen molar-refractivity contribution in [3.05, 3.63) is 23.8 Å². The Hall–Kier alpha value is -1.11. The molecule has 0 bridgehead atoms. The second-order valence-corrected chi connectivity index (χ2v) is 7.21. The fourth-order valence-corrected chi connectivity index (χ4v) is 2.43. The van der Waals surface area contributed by atoms with E-state index >= 15 is 0 Å². The number of ether oxygens (including phenoxy) is 1. The smallest absolute Gasteiger partial charge is 0.240 e. The molecule has 0 aromatic heterocycles. The van der Waals surface area contributed by atoms with Crippen LogP contribution < -0.4 is 10.0 Å². The Morgan fingerprint density at radius 1 is 1.30 bits per heavy atom. The van der Waals surface area contributed by atoms with E-state index in [1.807, 2.05) is 20.8 Å². The van der Waals surface area contributed by atoms with E-state index in [1.54, 1.807) is 25.3 Å². The van der Waals surface area contributed by atoms with Crippen molar-refractivity contribution >= 4 is 15.7 Å². The minimum absolute atomic E-state index is 0.199. The van der Waals surface area contributed by atoms with Crippen LogP contribution in [0.3, 0.4) is 0 Å². The number of anilines is 1. The van der Waals surface area contributed by atoms with Gasteiger partial charge in [-0.25, -0.2) is 13.1 Å². The van der Waals surface area contributed by atoms with Gasteiger partial charge in [-0.2, -0.15) is 0 Å². The lowest BCUT2D eigenvalue weighted by Gasteiger charge is -2.23. The molecule has 5 nitrogen and oxygen atoms in total. The zero-order chi connectivity index (χ0) is 15.4. The van der Waals surface area contributed by atoms with E-state index in [1.165, 1.54) is 7.05 Å². The first kappa shape index (κ1) is 16.9. The maximum absolute atomic E-state index is 11.8. The summed E-state index contributed by atoms with van der Waals surface area (Å²) in [5, 5.41) is 3.27. The van der Waals surface area contributed by atoms with Crippen molar-refractivity contribution in [1.29, 1.82) is 0 Å². The molecule has 6 heteroatoms. The molecule has 0 aliphatic rings. The van der Waals surface area contributed by atoms with Crippen LogP contribution in [0.5, 0.6) is 0 Å². The van der Waals surface area contributed by atoms with Crippen LogP contribution in [0.2, 0.25) is 0 Å². The molecule has 0 fully saturated rings. The highest BCUT2D eigenvalue weighted by Gasteiger charge is 2.16. The quantitative estimate of drug-likeness (QED) is 0.809. The van der Waals surface area contributed by atoms with Gasteiger partial charge in [0.15, 0.2) is 0 Å². The molecule has 0 amide bonds. The molecule has 1 rings (SSSR count). The number of sulfonamides is 1. The topological polar surface area (TPSA) is 67.4 Å². The molecule has 2 N–H and O–H groups in total. The van der Waals surface area contributed by atoms with Crippen molar-refractivity contribution in [2.75, 3.05) is 26.0 Å². The summed E-state index contributed by atoms with van der Waals surface area (Å²) in [5.74, 6) is 0. The molecule has 1 aromatic carbocycles. The standard InChI is InChI=1S/C14H24N2O3S/c1-11-6-7-12(20(17,18)15-4)10-13(11)16-9-8-14(2,3)19-5/h6-7,10,15-16H,8-9H2,1-5H3. The summed E-state index contributed by atoms with van der Waals surface area (Å²) in [5.41, 5.74) is 1.64. The van der Waals surface area contributed by atoms with E-state index in [-0.39, 0.29) is 10.5 Å². The molecule has 0 atom stereocenters. The Balaban J connectivity index is 2.83. The predicted molar refractivity (Wildman–Crippen MR) is 81.6 cm³/mol. The third-order valence-corrected chi connectivity index (χ3v) is 4.80. The van der Waals surface area contributed by atoms with Gasteiger partial charge in [-0.15, -0.1) is 0 Å². The molecule has 0 radical (unpaired) electrons. The Labute approximate surface area is 121 Å². The molecule has 0 saturated carbocycles. The van der Waals surface area contributed by atoms with Crippen LogP contribution in [0, 0.1) is 6.92 Å². The Morgan fingerprint density at radius 2 is 1.95 bits per heavy atom. The lowest BCUT2D eigenvalue weighted by Crippen LogP contribution is -2.26. The summed E-state index contributed by atoms with van der Waals surface area (Å²) in [4.78, 5) is 0.263. The highest BCUT2D eigenvalue weighted by Crippen LogP contribution is 2.21. The molecule has 0 heterocycles. The van der Waals surface area contributed by atoms with Gasteiger partial charge in [-0.05, 0) is 51.9 Å². The van der Waals surface area contributed by atoms with E-state index in [0.29, 0.717) is 6.54 Å². The molecular formula is C14H24N2O3S. The SMILES string of the molecule is CNS(=O)(=O)c1ccc(C)c(NCCC(C)(C)OC)c1. The summed E-state index contributed by atoms with van der Waals surface area (Å²) in [6.45, 7) is 6.69. The third kappa shape index (κ3) is 4.47. The first-order valence-electron chi connectivity index (χ1n) is 6.55. The summed E-state index contributed by atoms with van der Waals surface area (Å²) < 4.78 is 31.2. The van der Waals surface area contributed by atoms with Crippen LogP contribution in [0.25, 0.3) is 0 Å². The van der Waals surface area contributed by atoms with Crippen LogP contribution in [0.15, 0.2) is 23.1 Å². The van der Waals surface area contributed by atoms with Crippen LogP contribution in [0.4, 0.5) is 5.69 Å². The summed E-state index contributed by atoms with van der Waals surface area (Å²) in [6, 6.07) is 5.06. The van der Waals surface area contributed by atoms with Crippen molar-refractivity contribution in [3.63, 3.8) is 0 Å². The second kappa shape index (κ2) is 6.56. The van der Waals surface area contributed by atoms with Crippen molar-refractivity contribution in [2.45, 2.75) is 37.7 Å². The highest BCUT2D eigenvalue weighted by molar-refractivity contribution is 7.89. The average molecular weight is 300 g/mol. The van der Waals surface area contributed by atoms with Gasteiger partial charge in [-0.3, -0.25) is 0 Å². The number of hydrogen-bond acceptors (Lipinski definition) is 4. The van der Waals surface area contributed by atoms with Crippen LogP contribution in [-0.4, -0.2) is 34.7 Å². The normalized spacial score (nSPS) is 12.4. The lowest BCUT2D eigenvalue weighted by atomic mass is 10.1. The third-order valence-electron chi connectivity index (χ3n) is 3.38. The van der Waals surface area contributed by atoms with Crippen LogP contribution in [-0.2, 0) is 14.8 Å². The number of nitrogens with one attached hydrogen (secondary N) is 2. The summed E-state index contributed by atoms with van der Waals surface area (Å²) in [6.07, 6.45) is 0.825. The van der Waals surface area contributed by atoms with Crippen LogP contribution >= 0.6 is 0 Å². The van der Waals surface area contributed by atoms with Gasteiger partial charge in [-0.1, -0.05) is 6.07 Å².